The van der Waals surface area contributed by atoms with Gasteiger partial charge in [0.05, 0.1) is 22.6 Å². The van der Waals surface area contributed by atoms with E-state index in [9.17, 15) is 13.2 Å². The Morgan fingerprint density at radius 2 is 1.92 bits per heavy atom. The molecular formula is C17H18BrClN2O4S. The molecule has 0 radical (unpaired) electrons. The molecule has 0 heterocycles. The average molecular weight is 462 g/mol. The van der Waals surface area contributed by atoms with Gasteiger partial charge in [-0.1, -0.05) is 27.5 Å². The maximum atomic E-state index is 12.5. The summed E-state index contributed by atoms with van der Waals surface area (Å²) in [6.45, 7) is 0.197. The van der Waals surface area contributed by atoms with Crippen LogP contribution in [-0.2, 0) is 16.6 Å². The Hall–Kier alpha value is -1.61. The number of nitrogens with one attached hydrogen (secondary N) is 1. The molecule has 1 N–H and O–H groups in total. The maximum absolute atomic E-state index is 12.5. The van der Waals surface area contributed by atoms with Crippen molar-refractivity contribution < 1.29 is 17.9 Å². The van der Waals surface area contributed by atoms with Gasteiger partial charge in [0.15, 0.2) is 0 Å². The summed E-state index contributed by atoms with van der Waals surface area (Å²) >= 11 is 9.46. The van der Waals surface area contributed by atoms with Crippen LogP contribution in [0.3, 0.4) is 0 Å². The van der Waals surface area contributed by atoms with E-state index in [1.807, 2.05) is 12.1 Å². The second-order valence-electron chi connectivity index (χ2n) is 5.57. The van der Waals surface area contributed by atoms with E-state index in [1.165, 1.54) is 32.3 Å². The molecule has 6 nitrogen and oxygen atoms in total. The Labute approximate surface area is 166 Å². The highest BCUT2D eigenvalue weighted by Gasteiger charge is 2.21. The molecule has 0 aliphatic rings. The van der Waals surface area contributed by atoms with Crippen molar-refractivity contribution in [3.8, 4) is 5.75 Å². The molecule has 0 fully saturated rings. The minimum atomic E-state index is -3.66. The number of halogens is 2. The summed E-state index contributed by atoms with van der Waals surface area (Å²) in [6, 6.07) is 9.47. The van der Waals surface area contributed by atoms with E-state index in [1.54, 1.807) is 13.2 Å². The summed E-state index contributed by atoms with van der Waals surface area (Å²) in [4.78, 5) is 12.5. The van der Waals surface area contributed by atoms with E-state index in [4.69, 9.17) is 16.3 Å². The van der Waals surface area contributed by atoms with Gasteiger partial charge in [0.2, 0.25) is 10.0 Å². The highest BCUT2D eigenvalue weighted by molar-refractivity contribution is 9.10. The fourth-order valence-electron chi connectivity index (χ4n) is 2.21. The van der Waals surface area contributed by atoms with E-state index >= 15 is 0 Å². The van der Waals surface area contributed by atoms with Gasteiger partial charge in [0.25, 0.3) is 5.91 Å². The van der Waals surface area contributed by atoms with E-state index < -0.39 is 15.9 Å². The highest BCUT2D eigenvalue weighted by atomic mass is 79.9. The summed E-state index contributed by atoms with van der Waals surface area (Å²) in [5.74, 6) is 0.149. The predicted molar refractivity (Wildman–Crippen MR) is 104 cm³/mol. The first-order valence-corrected chi connectivity index (χ1v) is 10.1. The van der Waals surface area contributed by atoms with Crippen molar-refractivity contribution in [2.75, 3.05) is 21.2 Å². The molecule has 26 heavy (non-hydrogen) atoms. The zero-order chi connectivity index (χ0) is 19.5. The lowest BCUT2D eigenvalue weighted by atomic mass is 10.1. The number of nitrogens with zero attached hydrogens (tertiary/aromatic N) is 1. The fourth-order valence-corrected chi connectivity index (χ4v) is 3.75. The normalized spacial score (nSPS) is 11.5. The van der Waals surface area contributed by atoms with Crippen molar-refractivity contribution in [2.45, 2.75) is 11.4 Å². The van der Waals surface area contributed by atoms with Gasteiger partial charge in [-0.3, -0.25) is 4.79 Å². The number of carbonyl (C=O) groups excluding carboxylic acids is 1. The van der Waals surface area contributed by atoms with Crippen LogP contribution in [0.1, 0.15) is 15.9 Å². The Morgan fingerprint density at radius 3 is 2.54 bits per heavy atom. The lowest BCUT2D eigenvalue weighted by Gasteiger charge is -2.14. The minimum Gasteiger partial charge on any atom is -0.496 e. The Kier molecular flexibility index (Phi) is 6.68. The van der Waals surface area contributed by atoms with Gasteiger partial charge in [0, 0.05) is 30.7 Å². The van der Waals surface area contributed by atoms with Gasteiger partial charge in [0.1, 0.15) is 5.75 Å². The molecule has 2 rings (SSSR count). The molecule has 2 aromatic carbocycles. The third kappa shape index (κ3) is 4.56. The number of ether oxygens (including phenoxy) is 1. The van der Waals surface area contributed by atoms with Crippen LogP contribution < -0.4 is 10.1 Å². The summed E-state index contributed by atoms with van der Waals surface area (Å²) in [5, 5.41) is 2.90. The highest BCUT2D eigenvalue weighted by Crippen LogP contribution is 2.24. The fraction of sp³-hybridized carbons (Fsp3) is 0.235. The second kappa shape index (κ2) is 8.39. The monoisotopic (exact) mass is 460 g/mol. The molecule has 0 unspecified atom stereocenters. The molecule has 0 atom stereocenters. The van der Waals surface area contributed by atoms with Crippen LogP contribution in [0.25, 0.3) is 0 Å². The van der Waals surface area contributed by atoms with E-state index in [-0.39, 0.29) is 22.0 Å². The molecular weight excluding hydrogens is 444 g/mol. The minimum absolute atomic E-state index is 0.00270. The third-order valence-electron chi connectivity index (χ3n) is 3.64. The van der Waals surface area contributed by atoms with Crippen molar-refractivity contribution in [3.05, 3.63) is 57.0 Å². The molecule has 2 aromatic rings. The van der Waals surface area contributed by atoms with Gasteiger partial charge < -0.3 is 10.1 Å². The number of sulfonamides is 1. The quantitative estimate of drug-likeness (QED) is 0.716. The van der Waals surface area contributed by atoms with Crippen LogP contribution in [0.4, 0.5) is 0 Å². The third-order valence-corrected chi connectivity index (χ3v) is 6.28. The van der Waals surface area contributed by atoms with E-state index in [0.29, 0.717) is 5.75 Å². The van der Waals surface area contributed by atoms with Crippen molar-refractivity contribution in [3.63, 3.8) is 0 Å². The number of amides is 1. The van der Waals surface area contributed by atoms with Gasteiger partial charge in [-0.15, -0.1) is 0 Å². The Bertz CT molecular complexity index is 932. The van der Waals surface area contributed by atoms with Crippen LogP contribution >= 0.6 is 27.5 Å². The van der Waals surface area contributed by atoms with Crippen LogP contribution in [0.2, 0.25) is 5.02 Å². The summed E-state index contributed by atoms with van der Waals surface area (Å²) in [7, 11) is 0.718. The van der Waals surface area contributed by atoms with E-state index in [0.717, 1.165) is 14.3 Å². The molecule has 0 spiro atoms. The maximum Gasteiger partial charge on any atom is 0.253 e. The molecule has 9 heteroatoms. The van der Waals surface area contributed by atoms with Crippen molar-refractivity contribution in [2.24, 2.45) is 0 Å². The van der Waals surface area contributed by atoms with Crippen LogP contribution in [0.5, 0.6) is 5.75 Å². The smallest absolute Gasteiger partial charge is 0.253 e. The molecule has 0 aromatic heterocycles. The summed E-state index contributed by atoms with van der Waals surface area (Å²) in [6.07, 6.45) is 0. The number of hydrogen-bond acceptors (Lipinski definition) is 4. The van der Waals surface area contributed by atoms with E-state index in [2.05, 4.69) is 21.2 Å². The predicted octanol–water partition coefficient (Wildman–Crippen LogP) is 3.29. The topological polar surface area (TPSA) is 75.7 Å². The first-order valence-electron chi connectivity index (χ1n) is 7.49. The Balaban J connectivity index is 2.27. The molecule has 140 valence electrons. The number of hydrogen-bond donors (Lipinski definition) is 1. The molecule has 0 aliphatic heterocycles. The van der Waals surface area contributed by atoms with Crippen molar-refractivity contribution in [1.29, 1.82) is 0 Å². The van der Waals surface area contributed by atoms with Gasteiger partial charge in [-0.25, -0.2) is 12.7 Å². The van der Waals surface area contributed by atoms with Gasteiger partial charge in [-0.2, -0.15) is 0 Å². The standard InChI is InChI=1S/C17H18BrClN2O4S/c1-21(2)26(23,24)13-5-6-15(19)14(9-13)17(22)20-10-11-8-12(18)4-7-16(11)25-3/h4-9H,10H2,1-3H3,(H,20,22). The summed E-state index contributed by atoms with van der Waals surface area (Å²) < 4.78 is 31.7. The molecule has 0 aliphatic carbocycles. The van der Waals surface area contributed by atoms with Gasteiger partial charge in [-0.05, 0) is 36.4 Å². The molecule has 0 saturated heterocycles. The van der Waals surface area contributed by atoms with Crippen LogP contribution in [0.15, 0.2) is 45.8 Å². The van der Waals surface area contributed by atoms with Gasteiger partial charge >= 0.3 is 0 Å². The number of methoxy groups -OCH3 is 1. The number of benzene rings is 2. The summed E-state index contributed by atoms with van der Waals surface area (Å²) in [5.41, 5.74) is 0.854. The lowest BCUT2D eigenvalue weighted by molar-refractivity contribution is 0.0950. The first-order chi connectivity index (χ1) is 12.2. The largest absolute Gasteiger partial charge is 0.496 e. The van der Waals surface area contributed by atoms with Crippen LogP contribution in [-0.4, -0.2) is 39.8 Å². The number of carbonyl (C=O) groups is 1. The van der Waals surface area contributed by atoms with Crippen molar-refractivity contribution in [1.82, 2.24) is 9.62 Å². The second-order valence-corrected chi connectivity index (χ2v) is 9.04. The van der Waals surface area contributed by atoms with Crippen LogP contribution in [0, 0.1) is 0 Å². The first kappa shape index (κ1) is 20.7. The number of rotatable bonds is 6. The zero-order valence-corrected chi connectivity index (χ0v) is 17.6. The molecule has 0 bridgehead atoms. The van der Waals surface area contributed by atoms with Crippen molar-refractivity contribution >= 4 is 43.5 Å². The molecule has 1 amide bonds. The zero-order valence-electron chi connectivity index (χ0n) is 14.4. The lowest BCUT2D eigenvalue weighted by Crippen LogP contribution is -2.25. The molecule has 0 saturated carbocycles. The Morgan fingerprint density at radius 1 is 1.23 bits per heavy atom. The SMILES string of the molecule is COc1ccc(Br)cc1CNC(=O)c1cc(S(=O)(=O)N(C)C)ccc1Cl. The average Bonchev–Trinajstić information content (AvgIpc) is 2.59.